The summed E-state index contributed by atoms with van der Waals surface area (Å²) in [6.45, 7) is 1.23. The molecule has 2 amide bonds. The quantitative estimate of drug-likeness (QED) is 0.745. The number of rotatable bonds is 4. The number of ether oxygens (including phenoxy) is 1. The summed E-state index contributed by atoms with van der Waals surface area (Å²) >= 11 is 0. The first-order valence-corrected chi connectivity index (χ1v) is 9.17. The van der Waals surface area contributed by atoms with Crippen LogP contribution in [-0.4, -0.2) is 46.3 Å². The molecule has 0 bridgehead atoms. The minimum absolute atomic E-state index is 0.0216. The Morgan fingerprint density at radius 3 is 2.89 bits per heavy atom. The largest absolute Gasteiger partial charge is 0.497 e. The highest BCUT2D eigenvalue weighted by Gasteiger charge is 2.28. The zero-order chi connectivity index (χ0) is 19.3. The molecule has 28 heavy (non-hydrogen) atoms. The van der Waals surface area contributed by atoms with E-state index < -0.39 is 0 Å². The summed E-state index contributed by atoms with van der Waals surface area (Å²) in [6, 6.07) is 10.8. The number of piperidine rings is 1. The van der Waals surface area contributed by atoms with Crippen molar-refractivity contribution in [2.45, 2.75) is 18.8 Å². The Balaban J connectivity index is 1.41. The summed E-state index contributed by atoms with van der Waals surface area (Å²) in [7, 11) is 1.61. The Morgan fingerprint density at radius 1 is 1.29 bits per heavy atom. The molecule has 0 spiro atoms. The van der Waals surface area contributed by atoms with E-state index in [2.05, 4.69) is 20.4 Å². The van der Waals surface area contributed by atoms with E-state index in [1.165, 1.54) is 0 Å². The zero-order valence-electron chi connectivity index (χ0n) is 15.5. The number of methoxy groups -OCH3 is 1. The molecule has 1 unspecified atom stereocenters. The second-order valence-electron chi connectivity index (χ2n) is 6.64. The average molecular weight is 379 g/mol. The number of hydrogen-bond acceptors (Lipinski definition) is 6. The molecule has 2 aromatic heterocycles. The van der Waals surface area contributed by atoms with E-state index in [1.807, 2.05) is 36.4 Å². The molecule has 0 saturated carbocycles. The third-order valence-electron chi connectivity index (χ3n) is 4.76. The zero-order valence-corrected chi connectivity index (χ0v) is 15.5. The number of hydrogen-bond donors (Lipinski definition) is 1. The van der Waals surface area contributed by atoms with Crippen LogP contribution in [0.25, 0.3) is 11.4 Å². The summed E-state index contributed by atoms with van der Waals surface area (Å²) in [4.78, 5) is 23.0. The van der Waals surface area contributed by atoms with E-state index in [1.54, 1.807) is 24.4 Å². The number of urea groups is 1. The number of likely N-dealkylation sites (tertiary alicyclic amines) is 1. The third-order valence-corrected chi connectivity index (χ3v) is 4.76. The van der Waals surface area contributed by atoms with Gasteiger partial charge in [-0.15, -0.1) is 0 Å². The number of amides is 2. The fraction of sp³-hybridized carbons (Fsp3) is 0.300. The molecule has 8 heteroatoms. The van der Waals surface area contributed by atoms with Crippen LogP contribution in [0.15, 0.2) is 53.3 Å². The SMILES string of the molecule is COc1ccc(NC(=O)N2CCCC(c3nc(-c4cccnc4)no3)C2)cc1. The fourth-order valence-corrected chi connectivity index (χ4v) is 3.25. The molecular formula is C20H21N5O3. The van der Waals surface area contributed by atoms with Crippen LogP contribution in [0.5, 0.6) is 5.75 Å². The molecule has 144 valence electrons. The number of aromatic nitrogens is 3. The first-order chi connectivity index (χ1) is 13.7. The number of nitrogens with zero attached hydrogens (tertiary/aromatic N) is 4. The van der Waals surface area contributed by atoms with Crippen LogP contribution >= 0.6 is 0 Å². The van der Waals surface area contributed by atoms with Gasteiger partial charge in [0, 0.05) is 36.7 Å². The van der Waals surface area contributed by atoms with Gasteiger partial charge in [0.05, 0.1) is 13.0 Å². The predicted octanol–water partition coefficient (Wildman–Crippen LogP) is 3.55. The van der Waals surface area contributed by atoms with E-state index in [4.69, 9.17) is 9.26 Å². The Labute approximate surface area is 162 Å². The van der Waals surface area contributed by atoms with E-state index in [-0.39, 0.29) is 11.9 Å². The number of anilines is 1. The number of carbonyl (C=O) groups excluding carboxylic acids is 1. The van der Waals surface area contributed by atoms with E-state index in [9.17, 15) is 4.79 Å². The van der Waals surface area contributed by atoms with Crippen molar-refractivity contribution in [3.05, 3.63) is 54.7 Å². The first kappa shape index (κ1) is 18.0. The summed E-state index contributed by atoms with van der Waals surface area (Å²) in [5.41, 5.74) is 1.53. The highest BCUT2D eigenvalue weighted by atomic mass is 16.5. The molecule has 0 radical (unpaired) electrons. The molecule has 8 nitrogen and oxygen atoms in total. The molecule has 1 saturated heterocycles. The second kappa shape index (κ2) is 8.08. The Morgan fingerprint density at radius 2 is 2.14 bits per heavy atom. The lowest BCUT2D eigenvalue weighted by molar-refractivity contribution is 0.184. The van der Waals surface area contributed by atoms with Crippen LogP contribution in [0.3, 0.4) is 0 Å². The van der Waals surface area contributed by atoms with Crippen molar-refractivity contribution >= 4 is 11.7 Å². The molecule has 1 aliphatic rings. The minimum atomic E-state index is -0.137. The maximum atomic E-state index is 12.6. The summed E-state index contributed by atoms with van der Waals surface area (Å²) in [6.07, 6.45) is 5.18. The van der Waals surface area contributed by atoms with Gasteiger partial charge < -0.3 is 19.5 Å². The molecule has 1 aliphatic heterocycles. The van der Waals surface area contributed by atoms with Gasteiger partial charge in [0.25, 0.3) is 0 Å². The van der Waals surface area contributed by atoms with Crippen LogP contribution in [-0.2, 0) is 0 Å². The van der Waals surface area contributed by atoms with Gasteiger partial charge >= 0.3 is 6.03 Å². The molecule has 1 fully saturated rings. The maximum absolute atomic E-state index is 12.6. The molecule has 3 heterocycles. The highest BCUT2D eigenvalue weighted by Crippen LogP contribution is 2.28. The van der Waals surface area contributed by atoms with Crippen LogP contribution in [0.2, 0.25) is 0 Å². The maximum Gasteiger partial charge on any atom is 0.321 e. The number of carbonyl (C=O) groups is 1. The van der Waals surface area contributed by atoms with Crippen molar-refractivity contribution in [1.82, 2.24) is 20.0 Å². The van der Waals surface area contributed by atoms with Gasteiger partial charge in [-0.25, -0.2) is 4.79 Å². The van der Waals surface area contributed by atoms with E-state index >= 15 is 0 Å². The summed E-state index contributed by atoms with van der Waals surface area (Å²) < 4.78 is 10.6. The number of nitrogens with one attached hydrogen (secondary N) is 1. The molecule has 0 aliphatic carbocycles. The lowest BCUT2D eigenvalue weighted by atomic mass is 9.98. The van der Waals surface area contributed by atoms with Crippen molar-refractivity contribution < 1.29 is 14.1 Å². The van der Waals surface area contributed by atoms with Crippen LogP contribution < -0.4 is 10.1 Å². The van der Waals surface area contributed by atoms with Crippen molar-refractivity contribution in [3.8, 4) is 17.1 Å². The predicted molar refractivity (Wildman–Crippen MR) is 103 cm³/mol. The van der Waals surface area contributed by atoms with Gasteiger partial charge in [-0.2, -0.15) is 4.98 Å². The van der Waals surface area contributed by atoms with Crippen molar-refractivity contribution in [1.29, 1.82) is 0 Å². The lowest BCUT2D eigenvalue weighted by Crippen LogP contribution is -2.41. The van der Waals surface area contributed by atoms with E-state index in [0.717, 1.165) is 29.8 Å². The Bertz CT molecular complexity index is 927. The van der Waals surface area contributed by atoms with E-state index in [0.29, 0.717) is 24.8 Å². The molecule has 3 aromatic rings. The van der Waals surface area contributed by atoms with Gasteiger partial charge in [0.2, 0.25) is 11.7 Å². The second-order valence-corrected chi connectivity index (χ2v) is 6.64. The highest BCUT2D eigenvalue weighted by molar-refractivity contribution is 5.89. The molecule has 4 rings (SSSR count). The molecular weight excluding hydrogens is 358 g/mol. The molecule has 1 atom stereocenters. The van der Waals surface area contributed by atoms with Crippen molar-refractivity contribution in [2.24, 2.45) is 0 Å². The smallest absolute Gasteiger partial charge is 0.321 e. The van der Waals surface area contributed by atoms with Gasteiger partial charge in [0.15, 0.2) is 0 Å². The molecule has 1 N–H and O–H groups in total. The summed E-state index contributed by atoms with van der Waals surface area (Å²) in [5.74, 6) is 1.84. The average Bonchev–Trinajstić information content (AvgIpc) is 3.25. The van der Waals surface area contributed by atoms with Crippen LogP contribution in [0.1, 0.15) is 24.7 Å². The first-order valence-electron chi connectivity index (χ1n) is 9.17. The standard InChI is InChI=1S/C20H21N5O3/c1-27-17-8-6-16(7-9-17)22-20(26)25-11-3-5-15(13-25)19-23-18(24-28-19)14-4-2-10-21-12-14/h2,4,6-10,12,15H,3,5,11,13H2,1H3,(H,22,26). The van der Waals surface area contributed by atoms with Gasteiger partial charge in [-0.3, -0.25) is 4.98 Å². The lowest BCUT2D eigenvalue weighted by Gasteiger charge is -2.31. The van der Waals surface area contributed by atoms with Gasteiger partial charge in [-0.05, 0) is 49.2 Å². The fourth-order valence-electron chi connectivity index (χ4n) is 3.25. The van der Waals surface area contributed by atoms with Crippen LogP contribution in [0.4, 0.5) is 10.5 Å². The normalized spacial score (nSPS) is 16.6. The third kappa shape index (κ3) is 3.95. The van der Waals surface area contributed by atoms with Crippen molar-refractivity contribution in [2.75, 3.05) is 25.5 Å². The van der Waals surface area contributed by atoms with Gasteiger partial charge in [0.1, 0.15) is 5.75 Å². The monoisotopic (exact) mass is 379 g/mol. The van der Waals surface area contributed by atoms with Crippen molar-refractivity contribution in [3.63, 3.8) is 0 Å². The topological polar surface area (TPSA) is 93.4 Å². The molecule has 1 aromatic carbocycles. The summed E-state index contributed by atoms with van der Waals surface area (Å²) in [5, 5.41) is 6.98. The van der Waals surface area contributed by atoms with Gasteiger partial charge in [-0.1, -0.05) is 5.16 Å². The Kier molecular flexibility index (Phi) is 5.18. The van der Waals surface area contributed by atoms with Crippen LogP contribution in [0, 0.1) is 0 Å². The number of benzene rings is 1. The Hall–Kier alpha value is -3.42. The number of pyridine rings is 1. The minimum Gasteiger partial charge on any atom is -0.497 e.